The van der Waals surface area contributed by atoms with E-state index in [9.17, 15) is 19.5 Å². The molecule has 7 nitrogen and oxygen atoms in total. The quantitative estimate of drug-likeness (QED) is 0.776. The number of imide groups is 1. The smallest absolute Gasteiger partial charge is 0.301 e. The van der Waals surface area contributed by atoms with Crippen LogP contribution in [0.4, 0.5) is 11.4 Å². The monoisotopic (exact) mass is 380 g/mol. The van der Waals surface area contributed by atoms with Gasteiger partial charge in [0.2, 0.25) is 5.91 Å². The van der Waals surface area contributed by atoms with Crippen LogP contribution in [0, 0.1) is 0 Å². The summed E-state index contributed by atoms with van der Waals surface area (Å²) < 4.78 is 5.70. The van der Waals surface area contributed by atoms with Gasteiger partial charge in [-0.25, -0.2) is 4.90 Å². The third-order valence-electron chi connectivity index (χ3n) is 4.02. The van der Waals surface area contributed by atoms with Gasteiger partial charge in [0, 0.05) is 12.6 Å². The molecule has 0 aliphatic carbocycles. The molecule has 0 saturated heterocycles. The lowest BCUT2D eigenvalue weighted by Crippen LogP contribution is -2.32. The number of anilines is 2. The Bertz CT molecular complexity index is 977. The number of aliphatic hydroxyl groups excluding tert-OH is 1. The first kappa shape index (κ1) is 19.2. The zero-order chi connectivity index (χ0) is 20.4. The minimum absolute atomic E-state index is 0.0984. The highest BCUT2D eigenvalue weighted by Crippen LogP contribution is 2.37. The van der Waals surface area contributed by atoms with Crippen LogP contribution in [0.5, 0.6) is 5.75 Å². The zero-order valence-corrected chi connectivity index (χ0v) is 15.7. The number of ether oxygens (including phenoxy) is 1. The summed E-state index contributed by atoms with van der Waals surface area (Å²) in [6, 6.07) is 13.0. The molecule has 3 rings (SSSR count). The topological polar surface area (TPSA) is 95.9 Å². The Labute approximate surface area is 162 Å². The van der Waals surface area contributed by atoms with Gasteiger partial charge < -0.3 is 15.2 Å². The Morgan fingerprint density at radius 3 is 2.29 bits per heavy atom. The van der Waals surface area contributed by atoms with Crippen molar-refractivity contribution in [2.45, 2.75) is 26.9 Å². The van der Waals surface area contributed by atoms with Crippen LogP contribution >= 0.6 is 0 Å². The minimum atomic E-state index is -0.814. The van der Waals surface area contributed by atoms with Crippen LogP contribution in [0.25, 0.3) is 5.57 Å². The molecule has 7 heteroatoms. The largest absolute Gasteiger partial charge is 0.502 e. The van der Waals surface area contributed by atoms with Gasteiger partial charge in [0.1, 0.15) is 5.75 Å². The molecule has 2 aromatic carbocycles. The average Bonchev–Trinajstić information content (AvgIpc) is 2.85. The van der Waals surface area contributed by atoms with Crippen molar-refractivity contribution < 1.29 is 24.2 Å². The van der Waals surface area contributed by atoms with Crippen LogP contribution in [-0.2, 0) is 14.4 Å². The van der Waals surface area contributed by atoms with E-state index < -0.39 is 17.6 Å². The van der Waals surface area contributed by atoms with Crippen molar-refractivity contribution in [2.75, 3.05) is 10.2 Å². The highest BCUT2D eigenvalue weighted by Gasteiger charge is 2.41. The van der Waals surface area contributed by atoms with E-state index in [1.54, 1.807) is 48.5 Å². The van der Waals surface area contributed by atoms with Crippen LogP contribution < -0.4 is 15.0 Å². The van der Waals surface area contributed by atoms with E-state index in [1.807, 2.05) is 13.8 Å². The number of hydrogen-bond acceptors (Lipinski definition) is 5. The highest BCUT2D eigenvalue weighted by atomic mass is 16.5. The molecule has 0 fully saturated rings. The maximum Gasteiger partial charge on any atom is 0.301 e. The molecule has 1 heterocycles. The molecule has 28 heavy (non-hydrogen) atoms. The zero-order valence-electron chi connectivity index (χ0n) is 15.7. The van der Waals surface area contributed by atoms with Gasteiger partial charge in [-0.15, -0.1) is 0 Å². The summed E-state index contributed by atoms with van der Waals surface area (Å²) in [5.74, 6) is -1.94. The number of benzene rings is 2. The summed E-state index contributed by atoms with van der Waals surface area (Å²) >= 11 is 0. The summed E-state index contributed by atoms with van der Waals surface area (Å²) in [4.78, 5) is 37.7. The second-order valence-electron chi connectivity index (χ2n) is 6.56. The fraction of sp³-hybridized carbons (Fsp3) is 0.190. The SMILES string of the molecule is CC(=O)Nc1ccc(C2=C(O)C(=O)N(c3ccccc3OC(C)C)C2=O)cc1. The van der Waals surface area contributed by atoms with Crippen molar-refractivity contribution in [3.05, 3.63) is 59.9 Å². The van der Waals surface area contributed by atoms with Crippen LogP contribution in [0.2, 0.25) is 0 Å². The van der Waals surface area contributed by atoms with Crippen LogP contribution in [0.15, 0.2) is 54.3 Å². The van der Waals surface area contributed by atoms with E-state index in [4.69, 9.17) is 4.74 Å². The maximum atomic E-state index is 13.0. The van der Waals surface area contributed by atoms with Gasteiger partial charge in [-0.3, -0.25) is 14.4 Å². The van der Waals surface area contributed by atoms with Gasteiger partial charge in [0.15, 0.2) is 5.76 Å². The number of carbonyl (C=O) groups is 3. The second-order valence-corrected chi connectivity index (χ2v) is 6.56. The Balaban J connectivity index is 1.96. The summed E-state index contributed by atoms with van der Waals surface area (Å²) in [6.07, 6.45) is -0.156. The number of carbonyl (C=O) groups excluding carboxylic acids is 3. The Kier molecular flexibility index (Phi) is 5.17. The molecular weight excluding hydrogens is 360 g/mol. The molecule has 0 saturated carbocycles. The van der Waals surface area contributed by atoms with E-state index in [1.165, 1.54) is 6.92 Å². The number of aliphatic hydroxyl groups is 1. The van der Waals surface area contributed by atoms with E-state index in [0.29, 0.717) is 17.0 Å². The van der Waals surface area contributed by atoms with Gasteiger partial charge in [-0.2, -0.15) is 0 Å². The highest BCUT2D eigenvalue weighted by molar-refractivity contribution is 6.45. The van der Waals surface area contributed by atoms with E-state index in [2.05, 4.69) is 5.32 Å². The molecule has 0 unspecified atom stereocenters. The average molecular weight is 380 g/mol. The predicted molar refractivity (Wildman–Crippen MR) is 105 cm³/mol. The van der Waals surface area contributed by atoms with Crippen molar-refractivity contribution in [2.24, 2.45) is 0 Å². The van der Waals surface area contributed by atoms with Gasteiger partial charge in [-0.1, -0.05) is 24.3 Å². The first-order valence-corrected chi connectivity index (χ1v) is 8.75. The van der Waals surface area contributed by atoms with Gasteiger partial charge >= 0.3 is 5.91 Å². The molecule has 0 bridgehead atoms. The predicted octanol–water partition coefficient (Wildman–Crippen LogP) is 3.27. The number of nitrogens with one attached hydrogen (secondary N) is 1. The van der Waals surface area contributed by atoms with Crippen molar-refractivity contribution in [1.29, 1.82) is 0 Å². The number of rotatable bonds is 5. The normalized spacial score (nSPS) is 14.1. The molecule has 0 radical (unpaired) electrons. The first-order chi connectivity index (χ1) is 13.3. The van der Waals surface area contributed by atoms with Crippen molar-refractivity contribution in [3.8, 4) is 5.75 Å². The second kappa shape index (κ2) is 7.56. The number of nitrogens with zero attached hydrogens (tertiary/aromatic N) is 1. The molecule has 0 spiro atoms. The molecule has 144 valence electrons. The molecule has 0 aromatic heterocycles. The summed E-state index contributed by atoms with van der Waals surface area (Å²) in [7, 11) is 0. The van der Waals surface area contributed by atoms with Crippen LogP contribution in [-0.4, -0.2) is 28.9 Å². The van der Waals surface area contributed by atoms with Gasteiger partial charge in [0.05, 0.1) is 17.4 Å². The molecule has 2 N–H and O–H groups in total. The molecule has 1 aliphatic heterocycles. The summed E-state index contributed by atoms with van der Waals surface area (Å²) in [5, 5.41) is 13.0. The Hall–Kier alpha value is -3.61. The molecule has 2 aromatic rings. The fourth-order valence-electron chi connectivity index (χ4n) is 2.92. The Morgan fingerprint density at radius 2 is 1.68 bits per heavy atom. The lowest BCUT2D eigenvalue weighted by molar-refractivity contribution is -0.121. The van der Waals surface area contributed by atoms with Crippen molar-refractivity contribution >= 4 is 34.7 Å². The lowest BCUT2D eigenvalue weighted by atomic mass is 10.0. The van der Waals surface area contributed by atoms with Gasteiger partial charge in [-0.05, 0) is 43.7 Å². The van der Waals surface area contributed by atoms with Gasteiger partial charge in [0.25, 0.3) is 5.91 Å². The Morgan fingerprint density at radius 1 is 1.04 bits per heavy atom. The molecule has 0 atom stereocenters. The maximum absolute atomic E-state index is 13.0. The fourth-order valence-corrected chi connectivity index (χ4v) is 2.92. The van der Waals surface area contributed by atoms with Crippen LogP contribution in [0.3, 0.4) is 0 Å². The minimum Gasteiger partial charge on any atom is -0.502 e. The van der Waals surface area contributed by atoms with E-state index >= 15 is 0 Å². The summed E-state index contributed by atoms with van der Waals surface area (Å²) in [6.45, 7) is 5.06. The number of amides is 3. The van der Waals surface area contributed by atoms with Crippen LogP contribution in [0.1, 0.15) is 26.3 Å². The van der Waals surface area contributed by atoms with Crippen molar-refractivity contribution in [3.63, 3.8) is 0 Å². The third kappa shape index (κ3) is 3.59. The number of hydrogen-bond donors (Lipinski definition) is 2. The molecule has 1 aliphatic rings. The van der Waals surface area contributed by atoms with Crippen molar-refractivity contribution in [1.82, 2.24) is 0 Å². The number of para-hydroxylation sites is 2. The molecular formula is C21H20N2O5. The van der Waals surface area contributed by atoms with E-state index in [-0.39, 0.29) is 23.3 Å². The van der Waals surface area contributed by atoms with E-state index in [0.717, 1.165) is 4.90 Å². The summed E-state index contributed by atoms with van der Waals surface area (Å²) in [5.41, 5.74) is 1.08. The molecule has 3 amide bonds. The lowest BCUT2D eigenvalue weighted by Gasteiger charge is -2.20. The first-order valence-electron chi connectivity index (χ1n) is 8.75. The standard InChI is InChI=1S/C21H20N2O5/c1-12(2)28-17-7-5-4-6-16(17)23-20(26)18(19(25)21(23)27)14-8-10-15(11-9-14)22-13(3)24/h4-12,25H,1-3H3,(H,22,24). The third-order valence-corrected chi connectivity index (χ3v) is 4.02.